The largest absolute Gasteiger partial charge is 0.496 e. The van der Waals surface area contributed by atoms with E-state index in [1.54, 1.807) is 13.2 Å². The van der Waals surface area contributed by atoms with Gasteiger partial charge in [0.15, 0.2) is 0 Å². The van der Waals surface area contributed by atoms with Gasteiger partial charge in [-0.1, -0.05) is 53.0 Å². The highest BCUT2D eigenvalue weighted by molar-refractivity contribution is 6.42. The molecule has 0 spiro atoms. The summed E-state index contributed by atoms with van der Waals surface area (Å²) in [5.41, 5.74) is 5.62. The first kappa shape index (κ1) is 15.1. The van der Waals surface area contributed by atoms with Gasteiger partial charge in [-0.05, 0) is 24.6 Å². The van der Waals surface area contributed by atoms with Crippen molar-refractivity contribution in [3.8, 4) is 5.75 Å². The zero-order chi connectivity index (χ0) is 14.7. The summed E-state index contributed by atoms with van der Waals surface area (Å²) in [5.74, 6) is 6.47. The van der Waals surface area contributed by atoms with Gasteiger partial charge in [-0.3, -0.25) is 5.84 Å². The van der Waals surface area contributed by atoms with Gasteiger partial charge in [-0.2, -0.15) is 0 Å². The Balaban J connectivity index is 2.58. The second-order valence-corrected chi connectivity index (χ2v) is 5.27. The van der Waals surface area contributed by atoms with E-state index in [0.29, 0.717) is 10.0 Å². The molecule has 0 aliphatic heterocycles. The van der Waals surface area contributed by atoms with Crippen LogP contribution in [-0.2, 0) is 0 Å². The molecule has 1 atom stereocenters. The molecule has 3 nitrogen and oxygen atoms in total. The summed E-state index contributed by atoms with van der Waals surface area (Å²) in [7, 11) is 1.63. The topological polar surface area (TPSA) is 47.3 Å². The maximum atomic E-state index is 6.28. The fourth-order valence-electron chi connectivity index (χ4n) is 2.17. The van der Waals surface area contributed by atoms with Crippen LogP contribution in [0.2, 0.25) is 10.0 Å². The van der Waals surface area contributed by atoms with Gasteiger partial charge >= 0.3 is 0 Å². The van der Waals surface area contributed by atoms with Gasteiger partial charge in [0.05, 0.1) is 23.2 Å². The van der Waals surface area contributed by atoms with Gasteiger partial charge in [0.25, 0.3) is 0 Å². The number of halogens is 2. The molecule has 0 aliphatic rings. The van der Waals surface area contributed by atoms with Gasteiger partial charge in [-0.25, -0.2) is 5.43 Å². The van der Waals surface area contributed by atoms with Crippen molar-refractivity contribution in [3.63, 3.8) is 0 Å². The Labute approximate surface area is 128 Å². The Morgan fingerprint density at radius 2 is 1.90 bits per heavy atom. The lowest BCUT2D eigenvalue weighted by Crippen LogP contribution is -2.29. The van der Waals surface area contributed by atoms with E-state index in [2.05, 4.69) is 5.43 Å². The molecule has 106 valence electrons. The van der Waals surface area contributed by atoms with Crippen LogP contribution in [0.5, 0.6) is 5.75 Å². The lowest BCUT2D eigenvalue weighted by Gasteiger charge is -2.21. The van der Waals surface area contributed by atoms with E-state index in [4.69, 9.17) is 33.8 Å². The molecule has 0 bridgehead atoms. The molecule has 3 N–H and O–H groups in total. The van der Waals surface area contributed by atoms with Gasteiger partial charge < -0.3 is 4.74 Å². The van der Waals surface area contributed by atoms with Crippen LogP contribution in [0.4, 0.5) is 0 Å². The average molecular weight is 311 g/mol. The molecule has 0 radical (unpaired) electrons. The molecule has 0 amide bonds. The Kier molecular flexibility index (Phi) is 4.89. The van der Waals surface area contributed by atoms with E-state index < -0.39 is 0 Å². The predicted molar refractivity (Wildman–Crippen MR) is 83.4 cm³/mol. The van der Waals surface area contributed by atoms with Crippen molar-refractivity contribution in [1.82, 2.24) is 5.43 Å². The number of rotatable bonds is 4. The van der Waals surface area contributed by atoms with Crippen molar-refractivity contribution in [2.75, 3.05) is 7.11 Å². The Hall–Kier alpha value is -1.26. The normalized spacial score (nSPS) is 12.2. The monoisotopic (exact) mass is 310 g/mol. The number of benzene rings is 2. The molecule has 5 heteroatoms. The van der Waals surface area contributed by atoms with Crippen LogP contribution in [-0.4, -0.2) is 7.11 Å². The molecule has 0 saturated heterocycles. The van der Waals surface area contributed by atoms with Crippen LogP contribution in [0.25, 0.3) is 0 Å². The van der Waals surface area contributed by atoms with Crippen LogP contribution in [0, 0.1) is 6.92 Å². The minimum absolute atomic E-state index is 0.295. The summed E-state index contributed by atoms with van der Waals surface area (Å²) in [6.07, 6.45) is 0. The maximum Gasteiger partial charge on any atom is 0.124 e. The van der Waals surface area contributed by atoms with E-state index >= 15 is 0 Å². The SMILES string of the molecule is COc1ccc(C)cc1C(NN)c1cccc(Cl)c1Cl. The third kappa shape index (κ3) is 2.91. The third-order valence-electron chi connectivity index (χ3n) is 3.16. The van der Waals surface area contributed by atoms with Gasteiger partial charge in [0.2, 0.25) is 0 Å². The number of nitrogens with two attached hydrogens (primary N) is 1. The number of nitrogens with one attached hydrogen (secondary N) is 1. The first-order valence-corrected chi connectivity index (χ1v) is 6.88. The van der Waals surface area contributed by atoms with E-state index in [1.807, 2.05) is 37.3 Å². The van der Waals surface area contributed by atoms with Crippen molar-refractivity contribution in [1.29, 1.82) is 0 Å². The fraction of sp³-hybridized carbons (Fsp3) is 0.200. The Bertz CT molecular complexity index is 617. The second kappa shape index (κ2) is 6.46. The highest BCUT2D eigenvalue weighted by Gasteiger charge is 2.20. The van der Waals surface area contributed by atoms with Crippen LogP contribution >= 0.6 is 23.2 Å². The van der Waals surface area contributed by atoms with Gasteiger partial charge in [0, 0.05) is 5.56 Å². The summed E-state index contributed by atoms with van der Waals surface area (Å²) < 4.78 is 5.40. The van der Waals surface area contributed by atoms with Crippen molar-refractivity contribution in [2.24, 2.45) is 5.84 Å². The number of hydrazine groups is 1. The number of hydrogen-bond acceptors (Lipinski definition) is 3. The predicted octanol–water partition coefficient (Wildman–Crippen LogP) is 3.86. The Morgan fingerprint density at radius 3 is 2.55 bits per heavy atom. The lowest BCUT2D eigenvalue weighted by atomic mass is 9.97. The number of hydrogen-bond donors (Lipinski definition) is 2. The number of ether oxygens (including phenoxy) is 1. The number of methoxy groups -OCH3 is 1. The minimum atomic E-state index is -0.295. The molecule has 1 unspecified atom stereocenters. The molecule has 0 heterocycles. The van der Waals surface area contributed by atoms with E-state index in [-0.39, 0.29) is 6.04 Å². The lowest BCUT2D eigenvalue weighted by molar-refractivity contribution is 0.404. The molecule has 20 heavy (non-hydrogen) atoms. The minimum Gasteiger partial charge on any atom is -0.496 e. The second-order valence-electron chi connectivity index (χ2n) is 4.49. The summed E-state index contributed by atoms with van der Waals surface area (Å²) >= 11 is 12.4. The maximum absolute atomic E-state index is 6.28. The van der Waals surface area contributed by atoms with Gasteiger partial charge in [0.1, 0.15) is 5.75 Å². The van der Waals surface area contributed by atoms with Crippen LogP contribution in [0.3, 0.4) is 0 Å². The van der Waals surface area contributed by atoms with E-state index in [9.17, 15) is 0 Å². The molecule has 2 aromatic carbocycles. The zero-order valence-corrected chi connectivity index (χ0v) is 12.8. The summed E-state index contributed by atoms with van der Waals surface area (Å²) in [6, 6.07) is 11.1. The standard InChI is InChI=1S/C15H16Cl2N2O/c1-9-6-7-13(20-2)11(8-9)15(19-18)10-4-3-5-12(16)14(10)17/h3-8,15,19H,18H2,1-2H3. The summed E-state index contributed by atoms with van der Waals surface area (Å²) in [4.78, 5) is 0. The summed E-state index contributed by atoms with van der Waals surface area (Å²) in [6.45, 7) is 2.01. The molecular weight excluding hydrogens is 295 g/mol. The third-order valence-corrected chi connectivity index (χ3v) is 3.99. The fourth-order valence-corrected chi connectivity index (χ4v) is 2.59. The quantitative estimate of drug-likeness (QED) is 0.666. The average Bonchev–Trinajstić information content (AvgIpc) is 2.44. The number of aryl methyl sites for hydroxylation is 1. The van der Waals surface area contributed by atoms with Crippen molar-refractivity contribution >= 4 is 23.2 Å². The molecule has 2 rings (SSSR count). The van der Waals surface area contributed by atoms with Crippen molar-refractivity contribution in [2.45, 2.75) is 13.0 Å². The van der Waals surface area contributed by atoms with Crippen LogP contribution in [0.1, 0.15) is 22.7 Å². The highest BCUT2D eigenvalue weighted by atomic mass is 35.5. The molecule has 0 saturated carbocycles. The zero-order valence-electron chi connectivity index (χ0n) is 11.3. The molecule has 0 aromatic heterocycles. The van der Waals surface area contributed by atoms with E-state index in [0.717, 1.165) is 22.4 Å². The van der Waals surface area contributed by atoms with Crippen LogP contribution in [0.15, 0.2) is 36.4 Å². The van der Waals surface area contributed by atoms with Crippen molar-refractivity contribution in [3.05, 3.63) is 63.1 Å². The molecule has 0 fully saturated rings. The van der Waals surface area contributed by atoms with Crippen molar-refractivity contribution < 1.29 is 4.74 Å². The first-order valence-electron chi connectivity index (χ1n) is 6.13. The van der Waals surface area contributed by atoms with E-state index in [1.165, 1.54) is 0 Å². The molecule has 2 aromatic rings. The van der Waals surface area contributed by atoms with Gasteiger partial charge in [-0.15, -0.1) is 0 Å². The Morgan fingerprint density at radius 1 is 1.15 bits per heavy atom. The molecule has 0 aliphatic carbocycles. The highest BCUT2D eigenvalue weighted by Crippen LogP contribution is 2.36. The molecular formula is C15H16Cl2N2O. The first-order chi connectivity index (χ1) is 9.58. The van der Waals surface area contributed by atoms with Crippen LogP contribution < -0.4 is 16.0 Å². The smallest absolute Gasteiger partial charge is 0.124 e. The summed E-state index contributed by atoms with van der Waals surface area (Å²) in [5, 5.41) is 0.983.